The van der Waals surface area contributed by atoms with Crippen molar-refractivity contribution in [1.29, 1.82) is 0 Å². The summed E-state index contributed by atoms with van der Waals surface area (Å²) >= 11 is 6.63. The van der Waals surface area contributed by atoms with Crippen LogP contribution < -0.4 is 4.74 Å². The molecule has 0 radical (unpaired) electrons. The summed E-state index contributed by atoms with van der Waals surface area (Å²) in [6.07, 6.45) is 2.12. The lowest BCUT2D eigenvalue weighted by Gasteiger charge is -2.38. The highest BCUT2D eigenvalue weighted by atomic mass is 35.5. The van der Waals surface area contributed by atoms with Crippen molar-refractivity contribution in [1.82, 2.24) is 9.80 Å². The van der Waals surface area contributed by atoms with E-state index in [0.717, 1.165) is 44.9 Å². The summed E-state index contributed by atoms with van der Waals surface area (Å²) in [5.41, 5.74) is 1.27. The Bertz CT molecular complexity index is 920. The van der Waals surface area contributed by atoms with Crippen LogP contribution in [-0.2, 0) is 12.8 Å². The fraction of sp³-hybridized carbons (Fsp3) is 0.556. The minimum atomic E-state index is -4.34. The molecule has 4 rings (SSSR count). The number of piperazine rings is 1. The van der Waals surface area contributed by atoms with Gasteiger partial charge in [-0.25, -0.2) is 0 Å². The molecule has 0 bridgehead atoms. The van der Waals surface area contributed by atoms with Crippen LogP contribution in [0.15, 0.2) is 42.5 Å². The van der Waals surface area contributed by atoms with Crippen molar-refractivity contribution in [3.8, 4) is 5.75 Å². The zero-order chi connectivity index (χ0) is 24.1. The Morgan fingerprint density at radius 3 is 2.26 bits per heavy atom. The van der Waals surface area contributed by atoms with Crippen LogP contribution in [0.25, 0.3) is 0 Å². The molecule has 186 valence electrons. The minimum Gasteiger partial charge on any atom is -0.487 e. The van der Waals surface area contributed by atoms with E-state index in [1.54, 1.807) is 0 Å². The molecule has 1 aliphatic carbocycles. The molecule has 7 heteroatoms. The van der Waals surface area contributed by atoms with E-state index >= 15 is 0 Å². The van der Waals surface area contributed by atoms with Gasteiger partial charge in [0.15, 0.2) is 0 Å². The van der Waals surface area contributed by atoms with Crippen LogP contribution in [0.5, 0.6) is 5.75 Å². The summed E-state index contributed by atoms with van der Waals surface area (Å²) in [5, 5.41) is 0.559. The Morgan fingerprint density at radius 1 is 0.971 bits per heavy atom. The fourth-order valence-electron chi connectivity index (χ4n) is 5.19. The Kier molecular flexibility index (Phi) is 8.43. The zero-order valence-electron chi connectivity index (χ0n) is 19.8. The lowest BCUT2D eigenvalue weighted by atomic mass is 9.76. The molecule has 0 N–H and O–H groups in total. The predicted octanol–water partition coefficient (Wildman–Crippen LogP) is 6.85. The average molecular weight is 495 g/mol. The SMILES string of the molecule is CN1CCN(CC(c2ccc(OCc3ccc(C(F)(F)F)cc3)c(Cl)c2)C2CCCCC2)CC1. The van der Waals surface area contributed by atoms with Crippen molar-refractivity contribution in [2.24, 2.45) is 5.92 Å². The van der Waals surface area contributed by atoms with E-state index < -0.39 is 11.7 Å². The molecule has 2 aromatic carbocycles. The quantitative estimate of drug-likeness (QED) is 0.418. The lowest BCUT2D eigenvalue weighted by molar-refractivity contribution is -0.137. The topological polar surface area (TPSA) is 15.7 Å². The predicted molar refractivity (Wildman–Crippen MR) is 130 cm³/mol. The third-order valence-electron chi connectivity index (χ3n) is 7.33. The molecule has 1 saturated carbocycles. The molecule has 34 heavy (non-hydrogen) atoms. The highest BCUT2D eigenvalue weighted by Crippen LogP contribution is 2.39. The van der Waals surface area contributed by atoms with Crippen LogP contribution in [0.2, 0.25) is 5.02 Å². The number of hydrogen-bond acceptors (Lipinski definition) is 3. The van der Waals surface area contributed by atoms with Crippen molar-refractivity contribution in [3.05, 3.63) is 64.2 Å². The van der Waals surface area contributed by atoms with Gasteiger partial charge in [0.2, 0.25) is 0 Å². The molecular weight excluding hydrogens is 461 g/mol. The van der Waals surface area contributed by atoms with E-state index in [-0.39, 0.29) is 6.61 Å². The molecule has 2 aromatic rings. The van der Waals surface area contributed by atoms with Crippen LogP contribution in [0, 0.1) is 5.92 Å². The van der Waals surface area contributed by atoms with E-state index in [1.165, 1.54) is 49.8 Å². The van der Waals surface area contributed by atoms with Crippen molar-refractivity contribution in [2.75, 3.05) is 39.8 Å². The van der Waals surface area contributed by atoms with Crippen LogP contribution in [0.4, 0.5) is 13.2 Å². The second-order valence-electron chi connectivity index (χ2n) is 9.78. The first-order valence-corrected chi connectivity index (χ1v) is 12.7. The third-order valence-corrected chi connectivity index (χ3v) is 7.62. The Morgan fingerprint density at radius 2 is 1.65 bits per heavy atom. The second-order valence-corrected chi connectivity index (χ2v) is 10.2. The monoisotopic (exact) mass is 494 g/mol. The molecule has 1 saturated heterocycles. The first kappa shape index (κ1) is 25.3. The van der Waals surface area contributed by atoms with Gasteiger partial charge in [-0.3, -0.25) is 0 Å². The summed E-state index contributed by atoms with van der Waals surface area (Å²) in [6.45, 7) is 5.64. The molecule has 1 aliphatic heterocycles. The summed E-state index contributed by atoms with van der Waals surface area (Å²) < 4.78 is 44.2. The van der Waals surface area contributed by atoms with Gasteiger partial charge in [0, 0.05) is 32.7 Å². The Balaban J connectivity index is 1.44. The molecule has 1 heterocycles. The smallest absolute Gasteiger partial charge is 0.416 e. The van der Waals surface area contributed by atoms with Gasteiger partial charge in [-0.2, -0.15) is 13.2 Å². The van der Waals surface area contributed by atoms with Crippen molar-refractivity contribution >= 4 is 11.6 Å². The van der Waals surface area contributed by atoms with Crippen molar-refractivity contribution in [3.63, 3.8) is 0 Å². The van der Waals surface area contributed by atoms with Gasteiger partial charge in [-0.15, -0.1) is 0 Å². The summed E-state index contributed by atoms with van der Waals surface area (Å²) in [4.78, 5) is 4.97. The van der Waals surface area contributed by atoms with Crippen LogP contribution in [0.1, 0.15) is 54.7 Å². The number of alkyl halides is 3. The summed E-state index contributed by atoms with van der Waals surface area (Å²) in [5.74, 6) is 1.68. The number of benzene rings is 2. The Hall–Kier alpha value is -1.76. The van der Waals surface area contributed by atoms with Gasteiger partial charge in [0.25, 0.3) is 0 Å². The molecule has 0 aromatic heterocycles. The maximum Gasteiger partial charge on any atom is 0.416 e. The van der Waals surface area contributed by atoms with E-state index in [9.17, 15) is 13.2 Å². The van der Waals surface area contributed by atoms with Gasteiger partial charge in [0.1, 0.15) is 12.4 Å². The average Bonchev–Trinajstić information content (AvgIpc) is 2.83. The number of halogens is 4. The molecule has 0 amide bonds. The largest absolute Gasteiger partial charge is 0.487 e. The summed E-state index contributed by atoms with van der Waals surface area (Å²) in [6, 6.07) is 11.1. The van der Waals surface area contributed by atoms with Crippen LogP contribution >= 0.6 is 11.6 Å². The third kappa shape index (κ3) is 6.67. The van der Waals surface area contributed by atoms with Gasteiger partial charge in [0.05, 0.1) is 10.6 Å². The highest BCUT2D eigenvalue weighted by Gasteiger charge is 2.30. The maximum absolute atomic E-state index is 12.8. The highest BCUT2D eigenvalue weighted by molar-refractivity contribution is 6.32. The van der Waals surface area contributed by atoms with Gasteiger partial charge in [-0.05, 0) is 67.1 Å². The van der Waals surface area contributed by atoms with E-state index in [1.807, 2.05) is 12.1 Å². The molecule has 3 nitrogen and oxygen atoms in total. The lowest BCUT2D eigenvalue weighted by Crippen LogP contribution is -2.46. The first-order chi connectivity index (χ1) is 16.3. The van der Waals surface area contributed by atoms with E-state index in [4.69, 9.17) is 16.3 Å². The maximum atomic E-state index is 12.8. The fourth-order valence-corrected chi connectivity index (χ4v) is 5.43. The minimum absolute atomic E-state index is 0.171. The van der Waals surface area contributed by atoms with Crippen molar-refractivity contribution in [2.45, 2.75) is 50.8 Å². The molecule has 2 fully saturated rings. The second kappa shape index (κ2) is 11.3. The normalized spacial score (nSPS) is 19.8. The molecule has 2 aliphatic rings. The number of ether oxygens (including phenoxy) is 1. The van der Waals surface area contributed by atoms with Crippen molar-refractivity contribution < 1.29 is 17.9 Å². The molecule has 0 spiro atoms. The van der Waals surface area contributed by atoms with Gasteiger partial charge in [-0.1, -0.05) is 49.1 Å². The number of nitrogens with zero attached hydrogens (tertiary/aromatic N) is 2. The Labute approximate surface area is 205 Å². The van der Waals surface area contributed by atoms with E-state index in [2.05, 4.69) is 22.9 Å². The van der Waals surface area contributed by atoms with Gasteiger partial charge < -0.3 is 14.5 Å². The number of rotatable bonds is 7. The molecule has 1 atom stereocenters. The molecule has 1 unspecified atom stereocenters. The standard InChI is InChI=1S/C27H34ClF3N2O/c1-32-13-15-33(16-14-32)18-24(21-5-3-2-4-6-21)22-9-12-26(25(28)17-22)34-19-20-7-10-23(11-8-20)27(29,30)31/h7-12,17,21,24H,2-6,13-16,18-19H2,1H3. The summed E-state index contributed by atoms with van der Waals surface area (Å²) in [7, 11) is 2.18. The number of likely N-dealkylation sites (N-methyl/N-ethyl adjacent to an activating group) is 1. The van der Waals surface area contributed by atoms with Gasteiger partial charge >= 0.3 is 6.18 Å². The zero-order valence-corrected chi connectivity index (χ0v) is 20.5. The van der Waals surface area contributed by atoms with Crippen LogP contribution in [-0.4, -0.2) is 49.6 Å². The van der Waals surface area contributed by atoms with Crippen LogP contribution in [0.3, 0.4) is 0 Å². The molecular formula is C27H34ClF3N2O. The first-order valence-electron chi connectivity index (χ1n) is 12.3. The number of hydrogen-bond donors (Lipinski definition) is 0. The van der Waals surface area contributed by atoms with E-state index in [0.29, 0.717) is 28.2 Å².